The van der Waals surface area contributed by atoms with E-state index >= 15 is 0 Å². The second kappa shape index (κ2) is 22.9. The van der Waals surface area contributed by atoms with E-state index in [0.29, 0.717) is 0 Å². The molecule has 0 rings (SSSR count). The normalized spacial score (nSPS) is 5.36. The van der Waals surface area contributed by atoms with Gasteiger partial charge in [-0.05, 0) is 20.8 Å². The van der Waals surface area contributed by atoms with Crippen molar-refractivity contribution in [3.63, 3.8) is 0 Å². The number of carbonyl (C=O) groups excluding carboxylic acids is 3. The van der Waals surface area contributed by atoms with Crippen LogP contribution in [-0.2, 0) is 53.3 Å². The van der Waals surface area contributed by atoms with Gasteiger partial charge < -0.3 is 29.7 Å². The van der Waals surface area contributed by atoms with Crippen LogP contribution in [-0.4, -0.2) is 17.9 Å². The fourth-order valence-electron chi connectivity index (χ4n) is 0. The molecule has 0 saturated carbocycles. The molecule has 0 aromatic carbocycles. The molecule has 6 nitrogen and oxygen atoms in total. The average molecular weight is 308 g/mol. The van der Waals surface area contributed by atoms with E-state index in [9.17, 15) is 0 Å². The van der Waals surface area contributed by atoms with E-state index < -0.39 is 17.9 Å². The zero-order valence-corrected chi connectivity index (χ0v) is 14.3. The first kappa shape index (κ1) is 29.2. The molecule has 0 aliphatic heterocycles. The monoisotopic (exact) mass is 305 g/mol. The molecule has 0 unspecified atom stereocenters. The summed E-state index contributed by atoms with van der Waals surface area (Å²) in [6, 6.07) is 0. The quantitative estimate of drug-likeness (QED) is 0.424. The van der Waals surface area contributed by atoms with Crippen molar-refractivity contribution in [1.82, 2.24) is 0 Å². The Bertz CT molecular complexity index is 118. The van der Waals surface area contributed by atoms with E-state index in [4.69, 9.17) is 29.7 Å². The van der Waals surface area contributed by atoms with Crippen molar-refractivity contribution in [3.8, 4) is 0 Å². The van der Waals surface area contributed by atoms with Crippen LogP contribution < -0.4 is 15.3 Å². The molecule has 0 radical (unpaired) electrons. The van der Waals surface area contributed by atoms with E-state index in [1.165, 1.54) is 0 Å². The summed E-state index contributed by atoms with van der Waals surface area (Å²) < 4.78 is 0. The molecule has 72 valence electrons. The first-order chi connectivity index (χ1) is 5.20. The Morgan fingerprint density at radius 3 is 0.643 bits per heavy atom. The van der Waals surface area contributed by atoms with Crippen molar-refractivity contribution in [2.45, 2.75) is 20.8 Å². The third-order valence-corrected chi connectivity index (χ3v) is 0. The molecule has 0 fully saturated rings. The molecule has 8 heteroatoms. The van der Waals surface area contributed by atoms with Gasteiger partial charge in [0.05, 0.1) is 0 Å². The Balaban J connectivity index is -0.0000000270. The Kier molecular flexibility index (Phi) is 47.9. The van der Waals surface area contributed by atoms with Gasteiger partial charge in [-0.1, -0.05) is 0 Å². The number of carboxylic acid groups (broad SMARTS) is 3. The van der Waals surface area contributed by atoms with Crippen molar-refractivity contribution in [3.05, 3.63) is 0 Å². The van der Waals surface area contributed by atoms with Crippen LogP contribution in [0.4, 0.5) is 0 Å². The van der Waals surface area contributed by atoms with Crippen LogP contribution in [0.1, 0.15) is 20.8 Å². The smallest absolute Gasteiger partial charge is 0.550 e. The van der Waals surface area contributed by atoms with Crippen molar-refractivity contribution in [1.29, 1.82) is 0 Å². The fraction of sp³-hybridized carbons (Fsp3) is 0.500. The van der Waals surface area contributed by atoms with Gasteiger partial charge in [-0.2, -0.15) is 0 Å². The summed E-state index contributed by atoms with van der Waals surface area (Å²) in [5.74, 6) is -3.25. The fourth-order valence-corrected chi connectivity index (χ4v) is 0. The largest absolute Gasteiger partial charge is 2.00 e. The Hall–Kier alpha value is -0.343. The predicted octanol–water partition coefficient (Wildman–Crippen LogP) is -3.74. The summed E-state index contributed by atoms with van der Waals surface area (Å²) in [6.45, 7) is 2.92. The van der Waals surface area contributed by atoms with Crippen molar-refractivity contribution < 1.29 is 68.7 Å². The molecule has 14 heavy (non-hydrogen) atoms. The molecular weight excluding hydrogens is 299 g/mol. The summed E-state index contributed by atoms with van der Waals surface area (Å²) in [5, 5.41) is 26.7. The van der Waals surface area contributed by atoms with Crippen LogP contribution in [0.15, 0.2) is 0 Å². The number of hydrogen-bond acceptors (Lipinski definition) is 6. The minimum atomic E-state index is -1.08. The second-order valence-electron chi connectivity index (χ2n) is 1.47. The summed E-state index contributed by atoms with van der Waals surface area (Å²) in [5.41, 5.74) is 0. The SMILES string of the molecule is CC(=O)[O-].CC(=O)[O-].CC(=O)[O-].[Zn+2].[Zn+2]. The predicted molar refractivity (Wildman–Crippen MR) is 32.0 cm³/mol. The molecule has 0 N–H and O–H groups in total. The molecular formula is C6H9O6Zn2+. The minimum Gasteiger partial charge on any atom is -0.550 e. The maximum Gasteiger partial charge on any atom is 2.00 e. The van der Waals surface area contributed by atoms with E-state index in [-0.39, 0.29) is 39.0 Å². The molecule has 0 atom stereocenters. The van der Waals surface area contributed by atoms with Crippen LogP contribution in [0.2, 0.25) is 0 Å². The second-order valence-corrected chi connectivity index (χ2v) is 1.47. The molecule has 0 aromatic rings. The molecule has 0 aliphatic rings. The van der Waals surface area contributed by atoms with Gasteiger partial charge in [0.1, 0.15) is 0 Å². The first-order valence-corrected chi connectivity index (χ1v) is 2.72. The Labute approximate surface area is 107 Å². The molecule has 0 aromatic heterocycles. The summed E-state index contributed by atoms with van der Waals surface area (Å²) >= 11 is 0. The Morgan fingerprint density at radius 1 is 0.643 bits per heavy atom. The zero-order valence-electron chi connectivity index (χ0n) is 8.36. The Morgan fingerprint density at radius 2 is 0.643 bits per heavy atom. The third kappa shape index (κ3) is 11200. The topological polar surface area (TPSA) is 120 Å². The maximum absolute atomic E-state index is 8.89. The van der Waals surface area contributed by atoms with E-state index in [1.54, 1.807) is 0 Å². The number of hydrogen-bond donors (Lipinski definition) is 0. The van der Waals surface area contributed by atoms with Gasteiger partial charge in [0, 0.05) is 17.9 Å². The van der Waals surface area contributed by atoms with E-state index in [2.05, 4.69) is 0 Å². The number of aliphatic carboxylic acids is 3. The van der Waals surface area contributed by atoms with Gasteiger partial charge in [0.2, 0.25) is 0 Å². The summed E-state index contributed by atoms with van der Waals surface area (Å²) in [6.07, 6.45) is 0. The molecule has 0 aliphatic carbocycles. The number of rotatable bonds is 0. The number of carbonyl (C=O) groups is 3. The van der Waals surface area contributed by atoms with Crippen LogP contribution in [0.5, 0.6) is 0 Å². The molecule has 0 spiro atoms. The van der Waals surface area contributed by atoms with Crippen molar-refractivity contribution in [2.75, 3.05) is 0 Å². The third-order valence-electron chi connectivity index (χ3n) is 0. The van der Waals surface area contributed by atoms with Gasteiger partial charge in [0.15, 0.2) is 0 Å². The molecule has 0 heterocycles. The van der Waals surface area contributed by atoms with E-state index in [0.717, 1.165) is 20.8 Å². The summed E-state index contributed by atoms with van der Waals surface area (Å²) in [4.78, 5) is 26.7. The van der Waals surface area contributed by atoms with Gasteiger partial charge >= 0.3 is 39.0 Å². The standard InChI is InChI=1S/3C2H4O2.2Zn/c3*1-2(3)4;;/h3*1H3,(H,3,4);;/q;;;2*+2/p-3. The van der Waals surface area contributed by atoms with Crippen LogP contribution in [0, 0.1) is 0 Å². The number of carboxylic acids is 3. The summed E-state index contributed by atoms with van der Waals surface area (Å²) in [7, 11) is 0. The van der Waals surface area contributed by atoms with E-state index in [1.807, 2.05) is 0 Å². The van der Waals surface area contributed by atoms with Gasteiger partial charge in [-0.25, -0.2) is 0 Å². The molecule has 0 saturated heterocycles. The van der Waals surface area contributed by atoms with Crippen LogP contribution >= 0.6 is 0 Å². The van der Waals surface area contributed by atoms with Gasteiger partial charge in [-0.15, -0.1) is 0 Å². The molecule has 0 amide bonds. The van der Waals surface area contributed by atoms with Gasteiger partial charge in [0.25, 0.3) is 0 Å². The minimum absolute atomic E-state index is 0. The van der Waals surface area contributed by atoms with Gasteiger partial charge in [-0.3, -0.25) is 0 Å². The van der Waals surface area contributed by atoms with Crippen LogP contribution in [0.3, 0.4) is 0 Å². The maximum atomic E-state index is 8.89. The molecule has 0 bridgehead atoms. The van der Waals surface area contributed by atoms with Crippen LogP contribution in [0.25, 0.3) is 0 Å². The van der Waals surface area contributed by atoms with Crippen molar-refractivity contribution in [2.24, 2.45) is 0 Å². The van der Waals surface area contributed by atoms with Crippen molar-refractivity contribution >= 4 is 17.9 Å². The zero-order chi connectivity index (χ0) is 10.7. The average Bonchev–Trinajstić information content (AvgIpc) is 1.54. The first-order valence-electron chi connectivity index (χ1n) is 2.72.